The Labute approximate surface area is 220 Å². The van der Waals surface area contributed by atoms with E-state index in [1.165, 1.54) is 0 Å². The summed E-state index contributed by atoms with van der Waals surface area (Å²) in [4.78, 5) is 36.4. The Hall–Kier alpha value is -3.96. The van der Waals surface area contributed by atoms with E-state index in [4.69, 9.17) is 18.3 Å². The number of fused-ring (bicyclic) bond motifs is 2. The van der Waals surface area contributed by atoms with Crippen molar-refractivity contribution in [3.8, 4) is 0 Å². The van der Waals surface area contributed by atoms with Crippen LogP contribution < -0.4 is 15.5 Å². The molecule has 0 fully saturated rings. The predicted molar refractivity (Wildman–Crippen MR) is 143 cm³/mol. The van der Waals surface area contributed by atoms with E-state index in [1.54, 1.807) is 45.4 Å². The van der Waals surface area contributed by atoms with Gasteiger partial charge in [0.1, 0.15) is 11.0 Å². The van der Waals surface area contributed by atoms with Gasteiger partial charge in [-0.15, -0.1) is 0 Å². The Morgan fingerprint density at radius 1 is 0.895 bits per heavy atom. The third kappa shape index (κ3) is 6.12. The normalized spacial score (nSPS) is 11.3. The van der Waals surface area contributed by atoms with Crippen LogP contribution in [0.2, 0.25) is 0 Å². The van der Waals surface area contributed by atoms with E-state index in [1.807, 2.05) is 18.0 Å². The van der Waals surface area contributed by atoms with Gasteiger partial charge in [-0.05, 0) is 31.0 Å². The molecule has 0 saturated carbocycles. The maximum absolute atomic E-state index is 12.8. The van der Waals surface area contributed by atoms with Crippen LogP contribution in [0.1, 0.15) is 45.0 Å². The molecule has 0 saturated heterocycles. The maximum atomic E-state index is 12.8. The van der Waals surface area contributed by atoms with Gasteiger partial charge >= 0.3 is 0 Å². The van der Waals surface area contributed by atoms with Crippen molar-refractivity contribution in [1.29, 1.82) is 0 Å². The fourth-order valence-electron chi connectivity index (χ4n) is 4.11. The third-order valence-electron chi connectivity index (χ3n) is 5.98. The largest absolute Gasteiger partial charge is 0.441 e. The minimum absolute atomic E-state index is 0.216. The number of benzene rings is 2. The first-order chi connectivity index (χ1) is 18.4. The fraction of sp³-hybridized carbons (Fsp3) is 0.407. The smallest absolute Gasteiger partial charge is 0.298 e. The van der Waals surface area contributed by atoms with Crippen molar-refractivity contribution in [2.75, 3.05) is 52.5 Å². The summed E-state index contributed by atoms with van der Waals surface area (Å²) in [6.45, 7) is 4.27. The summed E-state index contributed by atoms with van der Waals surface area (Å²) in [7, 11) is 5.09. The zero-order valence-electron chi connectivity index (χ0n) is 22.1. The molecular formula is C27H33N5O6. The van der Waals surface area contributed by atoms with Crippen molar-refractivity contribution in [2.45, 2.75) is 26.3 Å². The average Bonchev–Trinajstić information content (AvgIpc) is 3.52. The maximum Gasteiger partial charge on any atom is 0.298 e. The molecule has 0 unspecified atom stereocenters. The highest BCUT2D eigenvalue weighted by Crippen LogP contribution is 2.28. The van der Waals surface area contributed by atoms with Crippen molar-refractivity contribution in [2.24, 2.45) is 0 Å². The number of ether oxygens (including phenoxy) is 2. The fourth-order valence-corrected chi connectivity index (χ4v) is 4.11. The first-order valence-electron chi connectivity index (χ1n) is 12.5. The van der Waals surface area contributed by atoms with E-state index in [9.17, 15) is 9.59 Å². The lowest BCUT2D eigenvalue weighted by molar-refractivity contribution is 0.0941. The zero-order valence-corrected chi connectivity index (χ0v) is 22.1. The van der Waals surface area contributed by atoms with Gasteiger partial charge in [0.2, 0.25) is 0 Å². The molecular weight excluding hydrogens is 490 g/mol. The number of aromatic nitrogens is 2. The number of oxazole rings is 2. The zero-order chi connectivity index (χ0) is 27.1. The van der Waals surface area contributed by atoms with E-state index >= 15 is 0 Å². The van der Waals surface area contributed by atoms with Crippen molar-refractivity contribution < 1.29 is 27.9 Å². The number of nitrogens with zero attached hydrogens (tertiary/aromatic N) is 3. The SMILES string of the molecule is COCCCNC(=O)c1cccc2oc(N(C)Cc3ccc(C(=O)NCCCOC)c4nc(C)oc34)nc12. The van der Waals surface area contributed by atoms with Crippen molar-refractivity contribution in [1.82, 2.24) is 20.6 Å². The number of hydrogen-bond acceptors (Lipinski definition) is 9. The molecule has 2 aromatic heterocycles. The summed E-state index contributed by atoms with van der Waals surface area (Å²) in [6, 6.07) is 9.21. The molecule has 0 aliphatic carbocycles. The van der Waals surface area contributed by atoms with E-state index in [0.29, 0.717) is 84.5 Å². The number of rotatable bonds is 13. The molecule has 2 heterocycles. The summed E-state index contributed by atoms with van der Waals surface area (Å²) in [5.74, 6) is 0.0296. The van der Waals surface area contributed by atoms with Crippen LogP contribution in [-0.4, -0.2) is 69.4 Å². The Kier molecular flexibility index (Phi) is 8.93. The van der Waals surface area contributed by atoms with Crippen molar-refractivity contribution in [3.63, 3.8) is 0 Å². The molecule has 38 heavy (non-hydrogen) atoms. The molecule has 4 aromatic rings. The second-order valence-corrected chi connectivity index (χ2v) is 8.89. The molecule has 11 heteroatoms. The lowest BCUT2D eigenvalue weighted by atomic mass is 10.1. The summed E-state index contributed by atoms with van der Waals surface area (Å²) >= 11 is 0. The Morgan fingerprint density at radius 3 is 2.21 bits per heavy atom. The monoisotopic (exact) mass is 523 g/mol. The van der Waals surface area contributed by atoms with Crippen LogP contribution in [0.25, 0.3) is 22.2 Å². The molecule has 0 spiro atoms. The van der Waals surface area contributed by atoms with Gasteiger partial charge in [-0.25, -0.2) is 4.98 Å². The lowest BCUT2D eigenvalue weighted by Crippen LogP contribution is -2.25. The number of para-hydroxylation sites is 1. The second-order valence-electron chi connectivity index (χ2n) is 8.89. The summed E-state index contributed by atoms with van der Waals surface area (Å²) in [5.41, 5.74) is 3.74. The van der Waals surface area contributed by atoms with Gasteiger partial charge in [-0.3, -0.25) is 9.59 Å². The van der Waals surface area contributed by atoms with Crippen LogP contribution in [0.4, 0.5) is 6.01 Å². The first-order valence-corrected chi connectivity index (χ1v) is 12.5. The minimum Gasteiger partial charge on any atom is -0.441 e. The predicted octanol–water partition coefficient (Wildman–Crippen LogP) is 3.45. The third-order valence-corrected chi connectivity index (χ3v) is 5.98. The first kappa shape index (κ1) is 27.1. The molecule has 0 aliphatic heterocycles. The molecule has 2 amide bonds. The summed E-state index contributed by atoms with van der Waals surface area (Å²) in [6.07, 6.45) is 1.43. The number of hydrogen-bond donors (Lipinski definition) is 2. The highest BCUT2D eigenvalue weighted by molar-refractivity contribution is 6.05. The van der Waals surface area contributed by atoms with E-state index < -0.39 is 0 Å². The lowest BCUT2D eigenvalue weighted by Gasteiger charge is -2.15. The molecule has 2 N–H and O–H groups in total. The van der Waals surface area contributed by atoms with Gasteiger partial charge < -0.3 is 33.8 Å². The van der Waals surface area contributed by atoms with Crippen LogP contribution in [0.3, 0.4) is 0 Å². The van der Waals surface area contributed by atoms with Crippen molar-refractivity contribution >= 4 is 40.0 Å². The standard InChI is InChI=1S/C27H33N5O6/c1-17-30-23-20(26(34)29-13-7-15-36-4)11-10-18(24(23)37-17)16-32(2)27-31-22-19(8-5-9-21(22)38-27)25(33)28-12-6-14-35-3/h5,8-11H,6-7,12-16H2,1-4H3,(H,28,33)(H,29,34). The molecule has 0 aliphatic rings. The minimum atomic E-state index is -0.218. The molecule has 2 aromatic carbocycles. The Morgan fingerprint density at radius 2 is 1.55 bits per heavy atom. The topological polar surface area (TPSA) is 132 Å². The van der Waals surface area contributed by atoms with Gasteiger partial charge in [0, 0.05) is 60.1 Å². The molecule has 4 rings (SSSR count). The average molecular weight is 524 g/mol. The van der Waals surface area contributed by atoms with Gasteiger partial charge in [-0.1, -0.05) is 12.1 Å². The molecule has 11 nitrogen and oxygen atoms in total. The van der Waals surface area contributed by atoms with Gasteiger partial charge in [0.15, 0.2) is 17.1 Å². The number of methoxy groups -OCH3 is 2. The highest BCUT2D eigenvalue weighted by Gasteiger charge is 2.21. The van der Waals surface area contributed by atoms with E-state index in [2.05, 4.69) is 20.6 Å². The van der Waals surface area contributed by atoms with Gasteiger partial charge in [-0.2, -0.15) is 4.98 Å². The molecule has 0 radical (unpaired) electrons. The Balaban J connectivity index is 1.53. The number of carbonyl (C=O) groups excluding carboxylic acids is 2. The van der Waals surface area contributed by atoms with E-state index in [0.717, 1.165) is 12.0 Å². The second kappa shape index (κ2) is 12.5. The summed E-state index contributed by atoms with van der Waals surface area (Å²) in [5, 5.41) is 5.78. The van der Waals surface area contributed by atoms with Crippen LogP contribution in [0.15, 0.2) is 39.2 Å². The number of nitrogens with one attached hydrogen (secondary N) is 2. The van der Waals surface area contributed by atoms with Crippen LogP contribution in [0.5, 0.6) is 0 Å². The van der Waals surface area contributed by atoms with Gasteiger partial charge in [0.05, 0.1) is 17.7 Å². The summed E-state index contributed by atoms with van der Waals surface area (Å²) < 4.78 is 21.9. The number of amides is 2. The molecule has 0 bridgehead atoms. The van der Waals surface area contributed by atoms with Crippen LogP contribution in [0, 0.1) is 6.92 Å². The van der Waals surface area contributed by atoms with E-state index in [-0.39, 0.29) is 11.8 Å². The number of carbonyl (C=O) groups is 2. The number of aryl methyl sites for hydroxylation is 1. The Bertz CT molecular complexity index is 1410. The molecule has 202 valence electrons. The van der Waals surface area contributed by atoms with Crippen molar-refractivity contribution in [3.05, 3.63) is 52.9 Å². The number of anilines is 1. The molecule has 0 atom stereocenters. The highest BCUT2D eigenvalue weighted by atomic mass is 16.5. The quantitative estimate of drug-likeness (QED) is 0.253. The van der Waals surface area contributed by atoms with Crippen LogP contribution in [-0.2, 0) is 16.0 Å². The van der Waals surface area contributed by atoms with Crippen LogP contribution >= 0.6 is 0 Å². The van der Waals surface area contributed by atoms with Gasteiger partial charge in [0.25, 0.3) is 17.8 Å².